The predicted molar refractivity (Wildman–Crippen MR) is 80.4 cm³/mol. The van der Waals surface area contributed by atoms with E-state index in [4.69, 9.17) is 4.74 Å². The molecule has 1 rings (SSSR count). The summed E-state index contributed by atoms with van der Waals surface area (Å²) >= 11 is 0. The third kappa shape index (κ3) is 8.41. The fourth-order valence-corrected chi connectivity index (χ4v) is 2.92. The van der Waals surface area contributed by atoms with Crippen molar-refractivity contribution >= 4 is 6.29 Å². The number of hydrogen-bond acceptors (Lipinski definition) is 2. The monoisotopic (exact) mass is 268 g/mol. The van der Waals surface area contributed by atoms with E-state index in [1.165, 1.54) is 57.8 Å². The van der Waals surface area contributed by atoms with E-state index in [0.29, 0.717) is 6.10 Å². The quantitative estimate of drug-likeness (QED) is 0.655. The fraction of sp³-hybridized carbons (Fsp3) is 0.941. The van der Waals surface area contributed by atoms with Crippen LogP contribution in [0, 0.1) is 0 Å². The third-order valence-corrected chi connectivity index (χ3v) is 4.24. The number of aldehydes is 1. The molecule has 1 aliphatic heterocycles. The van der Waals surface area contributed by atoms with E-state index in [1.54, 1.807) is 0 Å². The fourth-order valence-electron chi connectivity index (χ4n) is 2.92. The lowest BCUT2D eigenvalue weighted by molar-refractivity contribution is -0.123. The van der Waals surface area contributed by atoms with Crippen molar-refractivity contribution in [2.75, 3.05) is 0 Å². The average molecular weight is 268 g/mol. The van der Waals surface area contributed by atoms with Crippen molar-refractivity contribution in [1.29, 1.82) is 0 Å². The van der Waals surface area contributed by atoms with E-state index in [0.717, 1.165) is 32.0 Å². The van der Waals surface area contributed by atoms with Crippen LogP contribution in [0.1, 0.15) is 90.4 Å². The van der Waals surface area contributed by atoms with Gasteiger partial charge in [0.2, 0.25) is 0 Å². The highest BCUT2D eigenvalue weighted by molar-refractivity contribution is 5.55. The Balaban J connectivity index is 2.37. The Kier molecular flexibility index (Phi) is 10.1. The van der Waals surface area contributed by atoms with E-state index in [2.05, 4.69) is 6.92 Å². The van der Waals surface area contributed by atoms with Gasteiger partial charge in [0.05, 0.1) is 6.10 Å². The summed E-state index contributed by atoms with van der Waals surface area (Å²) in [5.41, 5.74) is 0. The van der Waals surface area contributed by atoms with E-state index >= 15 is 0 Å². The Bertz CT molecular complexity index is 215. The van der Waals surface area contributed by atoms with Crippen LogP contribution >= 0.6 is 0 Å². The van der Waals surface area contributed by atoms with Crippen molar-refractivity contribution < 1.29 is 9.53 Å². The number of rotatable bonds is 2. The molecule has 2 unspecified atom stereocenters. The molecule has 0 spiro atoms. The van der Waals surface area contributed by atoms with Gasteiger partial charge in [-0.3, -0.25) is 0 Å². The van der Waals surface area contributed by atoms with Crippen LogP contribution in [-0.4, -0.2) is 18.5 Å². The van der Waals surface area contributed by atoms with Crippen LogP contribution in [0.5, 0.6) is 0 Å². The zero-order chi connectivity index (χ0) is 13.8. The van der Waals surface area contributed by atoms with Crippen molar-refractivity contribution in [3.8, 4) is 0 Å². The van der Waals surface area contributed by atoms with Crippen LogP contribution in [0.4, 0.5) is 0 Å². The Labute approximate surface area is 119 Å². The van der Waals surface area contributed by atoms with Gasteiger partial charge in [-0.05, 0) is 19.3 Å². The first kappa shape index (κ1) is 16.7. The molecule has 112 valence electrons. The maximum Gasteiger partial charge on any atom is 0.148 e. The number of carbonyl (C=O) groups excluding carboxylic acids is 1. The molecule has 0 aromatic rings. The van der Waals surface area contributed by atoms with Crippen LogP contribution < -0.4 is 0 Å². The average Bonchev–Trinajstić information content (AvgIpc) is 2.45. The molecular formula is C17H32O2. The summed E-state index contributed by atoms with van der Waals surface area (Å²) in [4.78, 5) is 11.1. The van der Waals surface area contributed by atoms with Crippen molar-refractivity contribution in [1.82, 2.24) is 0 Å². The van der Waals surface area contributed by atoms with Gasteiger partial charge in [-0.1, -0.05) is 71.1 Å². The summed E-state index contributed by atoms with van der Waals surface area (Å²) in [6, 6.07) is 0. The molecular weight excluding hydrogens is 236 g/mol. The smallest absolute Gasteiger partial charge is 0.148 e. The lowest BCUT2D eigenvalue weighted by Crippen LogP contribution is -2.23. The summed E-state index contributed by atoms with van der Waals surface area (Å²) in [6.45, 7) is 2.17. The molecule has 1 fully saturated rings. The molecule has 0 aliphatic carbocycles. The SMILES string of the molecule is CCC1CCCCCCCCCCCCC(C=O)O1. The van der Waals surface area contributed by atoms with Gasteiger partial charge in [0.1, 0.15) is 12.4 Å². The Morgan fingerprint density at radius 1 is 0.842 bits per heavy atom. The first-order chi connectivity index (χ1) is 9.36. The summed E-state index contributed by atoms with van der Waals surface area (Å²) in [5.74, 6) is 0. The van der Waals surface area contributed by atoms with Crippen molar-refractivity contribution in [2.24, 2.45) is 0 Å². The molecule has 2 nitrogen and oxygen atoms in total. The zero-order valence-electron chi connectivity index (χ0n) is 12.7. The molecule has 1 heterocycles. The van der Waals surface area contributed by atoms with Crippen LogP contribution in [0.3, 0.4) is 0 Å². The lowest BCUT2D eigenvalue weighted by atomic mass is 10.0. The molecule has 0 saturated carbocycles. The first-order valence-electron chi connectivity index (χ1n) is 8.47. The maximum atomic E-state index is 11.1. The summed E-state index contributed by atoms with van der Waals surface area (Å²) in [6.07, 6.45) is 17.5. The Morgan fingerprint density at radius 3 is 1.79 bits per heavy atom. The molecule has 2 heteroatoms. The standard InChI is InChI=1S/C17H32O2/c1-2-16-13-11-9-7-5-3-4-6-8-10-12-14-17(15-18)19-16/h15-17H,2-14H2,1H3. The highest BCUT2D eigenvalue weighted by Gasteiger charge is 2.14. The second-order valence-electron chi connectivity index (χ2n) is 5.95. The Morgan fingerprint density at radius 2 is 1.32 bits per heavy atom. The Hall–Kier alpha value is -0.370. The van der Waals surface area contributed by atoms with Gasteiger partial charge in [0.25, 0.3) is 0 Å². The highest BCUT2D eigenvalue weighted by Crippen LogP contribution is 2.18. The number of hydrogen-bond donors (Lipinski definition) is 0. The van der Waals surface area contributed by atoms with Crippen LogP contribution in [0.2, 0.25) is 0 Å². The molecule has 1 aliphatic rings. The number of carbonyl (C=O) groups is 1. The molecule has 0 radical (unpaired) electrons. The lowest BCUT2D eigenvalue weighted by Gasteiger charge is -2.20. The minimum absolute atomic E-state index is 0.157. The van der Waals surface area contributed by atoms with Crippen molar-refractivity contribution in [2.45, 2.75) is 103 Å². The van der Waals surface area contributed by atoms with E-state index in [-0.39, 0.29) is 6.10 Å². The first-order valence-corrected chi connectivity index (χ1v) is 8.47. The minimum atomic E-state index is -0.157. The molecule has 2 atom stereocenters. The second-order valence-corrected chi connectivity index (χ2v) is 5.95. The largest absolute Gasteiger partial charge is 0.368 e. The molecule has 19 heavy (non-hydrogen) atoms. The van der Waals surface area contributed by atoms with Gasteiger partial charge < -0.3 is 9.53 Å². The van der Waals surface area contributed by atoms with Gasteiger partial charge in [0.15, 0.2) is 0 Å². The van der Waals surface area contributed by atoms with Gasteiger partial charge in [-0.15, -0.1) is 0 Å². The maximum absolute atomic E-state index is 11.1. The minimum Gasteiger partial charge on any atom is -0.368 e. The van der Waals surface area contributed by atoms with Crippen LogP contribution in [0.25, 0.3) is 0 Å². The topological polar surface area (TPSA) is 26.3 Å². The molecule has 0 bridgehead atoms. The molecule has 1 saturated heterocycles. The number of ether oxygens (including phenoxy) is 1. The van der Waals surface area contributed by atoms with Gasteiger partial charge in [0, 0.05) is 0 Å². The third-order valence-electron chi connectivity index (χ3n) is 4.24. The van der Waals surface area contributed by atoms with Crippen LogP contribution in [0.15, 0.2) is 0 Å². The summed E-state index contributed by atoms with van der Waals surface area (Å²) < 4.78 is 5.96. The van der Waals surface area contributed by atoms with Crippen molar-refractivity contribution in [3.05, 3.63) is 0 Å². The van der Waals surface area contributed by atoms with E-state index in [9.17, 15) is 4.79 Å². The van der Waals surface area contributed by atoms with Crippen molar-refractivity contribution in [3.63, 3.8) is 0 Å². The van der Waals surface area contributed by atoms with E-state index < -0.39 is 0 Å². The van der Waals surface area contributed by atoms with Gasteiger partial charge in [-0.2, -0.15) is 0 Å². The molecule has 0 amide bonds. The summed E-state index contributed by atoms with van der Waals surface area (Å²) in [5, 5.41) is 0. The molecule has 0 N–H and O–H groups in total. The highest BCUT2D eigenvalue weighted by atomic mass is 16.5. The van der Waals surface area contributed by atoms with Gasteiger partial charge >= 0.3 is 0 Å². The van der Waals surface area contributed by atoms with E-state index in [1.807, 2.05) is 0 Å². The zero-order valence-corrected chi connectivity index (χ0v) is 12.7. The molecule has 0 aromatic heterocycles. The molecule has 0 aromatic carbocycles. The normalized spacial score (nSPS) is 29.1. The predicted octanol–water partition coefficient (Wildman–Crippen LogP) is 5.04. The van der Waals surface area contributed by atoms with Crippen LogP contribution in [-0.2, 0) is 9.53 Å². The summed E-state index contributed by atoms with van der Waals surface area (Å²) in [7, 11) is 0. The second kappa shape index (κ2) is 11.5. The van der Waals surface area contributed by atoms with Gasteiger partial charge in [-0.25, -0.2) is 0 Å².